The molecule has 2 heterocycles. The first-order valence-corrected chi connectivity index (χ1v) is 10.8. The molecular weight excluding hydrogens is 350 g/mol. The molecule has 1 aromatic heterocycles. The Hall–Kier alpha value is -1.70. The Bertz CT molecular complexity index is 837. The lowest BCUT2D eigenvalue weighted by atomic mass is 10.1. The highest BCUT2D eigenvalue weighted by atomic mass is 32.2. The molecule has 1 fully saturated rings. The highest BCUT2D eigenvalue weighted by Crippen LogP contribution is 2.20. The number of imidazole rings is 1. The van der Waals surface area contributed by atoms with Crippen LogP contribution in [0.25, 0.3) is 0 Å². The first-order chi connectivity index (χ1) is 12.3. The molecule has 1 aromatic carbocycles. The van der Waals surface area contributed by atoms with Crippen LogP contribution in [0.5, 0.6) is 0 Å². The van der Waals surface area contributed by atoms with Crippen LogP contribution in [0.4, 0.5) is 0 Å². The second kappa shape index (κ2) is 7.90. The van der Waals surface area contributed by atoms with Gasteiger partial charge in [-0.05, 0) is 32.4 Å². The quantitative estimate of drug-likeness (QED) is 0.741. The number of hydrogen-bond acceptors (Lipinski definition) is 5. The number of benzene rings is 1. The highest BCUT2D eigenvalue weighted by molar-refractivity contribution is 7.90. The summed E-state index contributed by atoms with van der Waals surface area (Å²) in [6.45, 7) is 4.78. The van der Waals surface area contributed by atoms with Crippen LogP contribution in [0.1, 0.15) is 29.7 Å². The third-order valence-electron chi connectivity index (χ3n) is 4.65. The molecular formula is C19H27N3O3S. The van der Waals surface area contributed by atoms with Gasteiger partial charge in [0.25, 0.3) is 0 Å². The average molecular weight is 378 g/mol. The summed E-state index contributed by atoms with van der Waals surface area (Å²) >= 11 is 0. The summed E-state index contributed by atoms with van der Waals surface area (Å²) in [5.41, 5.74) is 3.37. The molecule has 1 saturated heterocycles. The van der Waals surface area contributed by atoms with Crippen LogP contribution in [0.2, 0.25) is 0 Å². The molecule has 0 unspecified atom stereocenters. The first kappa shape index (κ1) is 19.1. The summed E-state index contributed by atoms with van der Waals surface area (Å²) in [5, 5.41) is 0.131. The van der Waals surface area contributed by atoms with E-state index in [0.29, 0.717) is 13.1 Å². The molecule has 1 aliphatic rings. The number of hydrogen-bond donors (Lipinski definition) is 0. The Labute approximate surface area is 155 Å². The predicted molar refractivity (Wildman–Crippen MR) is 101 cm³/mol. The van der Waals surface area contributed by atoms with E-state index in [9.17, 15) is 8.42 Å². The molecule has 0 N–H and O–H groups in total. The van der Waals surface area contributed by atoms with E-state index in [1.54, 1.807) is 6.20 Å². The normalized spacial score (nSPS) is 17.9. The average Bonchev–Trinajstić information content (AvgIpc) is 3.20. The van der Waals surface area contributed by atoms with Crippen LogP contribution in [-0.2, 0) is 34.2 Å². The van der Waals surface area contributed by atoms with E-state index >= 15 is 0 Å². The van der Waals surface area contributed by atoms with Crippen molar-refractivity contribution in [3.05, 3.63) is 47.3 Å². The number of aromatic nitrogens is 2. The molecule has 0 radical (unpaired) electrons. The summed E-state index contributed by atoms with van der Waals surface area (Å²) in [6, 6.07) is 8.45. The monoisotopic (exact) mass is 377 g/mol. The minimum Gasteiger partial charge on any atom is -0.376 e. The minimum absolute atomic E-state index is 0.0610. The van der Waals surface area contributed by atoms with Crippen molar-refractivity contribution in [1.82, 2.24) is 14.5 Å². The van der Waals surface area contributed by atoms with Crippen molar-refractivity contribution in [2.45, 2.75) is 50.7 Å². The third kappa shape index (κ3) is 4.72. The molecule has 2 aromatic rings. The molecule has 3 rings (SSSR count). The van der Waals surface area contributed by atoms with Gasteiger partial charge in [0.05, 0.1) is 24.5 Å². The predicted octanol–water partition coefficient (Wildman–Crippen LogP) is 2.41. The van der Waals surface area contributed by atoms with Crippen molar-refractivity contribution in [1.29, 1.82) is 0 Å². The lowest BCUT2D eigenvalue weighted by Crippen LogP contribution is -2.24. The van der Waals surface area contributed by atoms with Crippen LogP contribution in [0.15, 0.2) is 35.6 Å². The molecule has 6 nitrogen and oxygen atoms in total. The zero-order valence-corrected chi connectivity index (χ0v) is 16.5. The lowest BCUT2D eigenvalue weighted by Gasteiger charge is -2.20. The second-order valence-electron chi connectivity index (χ2n) is 7.21. The Morgan fingerprint density at radius 1 is 1.27 bits per heavy atom. The SMILES string of the molecule is Cc1ccc(CN(C)Cc2cnc(S(C)(=O)=O)n2C[C@H]2CCCO2)cc1. The maximum atomic E-state index is 12.1. The molecule has 7 heteroatoms. The van der Waals surface area contributed by atoms with E-state index < -0.39 is 9.84 Å². The second-order valence-corrected chi connectivity index (χ2v) is 9.12. The summed E-state index contributed by atoms with van der Waals surface area (Å²) in [4.78, 5) is 6.36. The summed E-state index contributed by atoms with van der Waals surface area (Å²) < 4.78 is 31.7. The molecule has 26 heavy (non-hydrogen) atoms. The van der Waals surface area contributed by atoms with Gasteiger partial charge in [-0.25, -0.2) is 13.4 Å². The first-order valence-electron chi connectivity index (χ1n) is 8.93. The van der Waals surface area contributed by atoms with Gasteiger partial charge in [0.1, 0.15) is 0 Å². The molecule has 142 valence electrons. The highest BCUT2D eigenvalue weighted by Gasteiger charge is 2.24. The summed E-state index contributed by atoms with van der Waals surface area (Å²) in [6.07, 6.45) is 4.93. The van der Waals surface area contributed by atoms with E-state index in [0.717, 1.165) is 31.7 Å². The van der Waals surface area contributed by atoms with Crippen molar-refractivity contribution < 1.29 is 13.2 Å². The molecule has 1 atom stereocenters. The van der Waals surface area contributed by atoms with E-state index in [1.807, 2.05) is 11.6 Å². The van der Waals surface area contributed by atoms with E-state index in [1.165, 1.54) is 17.4 Å². The van der Waals surface area contributed by atoms with Crippen LogP contribution in [-0.4, -0.2) is 48.9 Å². The fraction of sp³-hybridized carbons (Fsp3) is 0.526. The van der Waals surface area contributed by atoms with Gasteiger partial charge in [-0.15, -0.1) is 0 Å². The molecule has 0 saturated carbocycles. The number of nitrogens with zero attached hydrogens (tertiary/aromatic N) is 3. The number of sulfone groups is 1. The van der Waals surface area contributed by atoms with Gasteiger partial charge < -0.3 is 9.30 Å². The van der Waals surface area contributed by atoms with Gasteiger partial charge in [0.2, 0.25) is 15.0 Å². The minimum atomic E-state index is -3.38. The molecule has 1 aliphatic heterocycles. The fourth-order valence-corrected chi connectivity index (χ4v) is 4.18. The van der Waals surface area contributed by atoms with Crippen molar-refractivity contribution in [3.63, 3.8) is 0 Å². The smallest absolute Gasteiger partial charge is 0.227 e. The molecule has 0 aliphatic carbocycles. The van der Waals surface area contributed by atoms with Crippen LogP contribution >= 0.6 is 0 Å². The third-order valence-corrected chi connectivity index (χ3v) is 5.64. The molecule has 0 bridgehead atoms. The molecule has 0 amide bonds. The Morgan fingerprint density at radius 3 is 2.62 bits per heavy atom. The lowest BCUT2D eigenvalue weighted by molar-refractivity contribution is 0.0934. The topological polar surface area (TPSA) is 64.4 Å². The molecule has 0 spiro atoms. The Morgan fingerprint density at radius 2 is 2.00 bits per heavy atom. The summed E-state index contributed by atoms with van der Waals surface area (Å²) in [5.74, 6) is 0. The van der Waals surface area contributed by atoms with E-state index in [2.05, 4.69) is 41.1 Å². The maximum Gasteiger partial charge on any atom is 0.227 e. The van der Waals surface area contributed by atoms with Gasteiger partial charge in [-0.3, -0.25) is 4.90 Å². The Kier molecular flexibility index (Phi) is 5.79. The van der Waals surface area contributed by atoms with Gasteiger partial charge in [-0.2, -0.15) is 0 Å². The fourth-order valence-electron chi connectivity index (χ4n) is 3.34. The standard InChI is InChI=1S/C19H27N3O3S/c1-15-6-8-16(9-7-15)12-21(2)13-17-11-20-19(26(3,23)24)22(17)14-18-5-4-10-25-18/h6-9,11,18H,4-5,10,12-14H2,1-3H3/t18-/m1/s1. The van der Waals surface area contributed by atoms with Gasteiger partial charge in [0.15, 0.2) is 0 Å². The van der Waals surface area contributed by atoms with Crippen molar-refractivity contribution in [2.24, 2.45) is 0 Å². The summed E-state index contributed by atoms with van der Waals surface area (Å²) in [7, 11) is -1.34. The van der Waals surface area contributed by atoms with Gasteiger partial charge in [-0.1, -0.05) is 29.8 Å². The number of aryl methyl sites for hydroxylation is 1. The zero-order chi connectivity index (χ0) is 18.7. The number of ether oxygens (including phenoxy) is 1. The van der Waals surface area contributed by atoms with E-state index in [4.69, 9.17) is 4.74 Å². The van der Waals surface area contributed by atoms with Crippen LogP contribution in [0, 0.1) is 6.92 Å². The zero-order valence-electron chi connectivity index (χ0n) is 15.7. The van der Waals surface area contributed by atoms with Crippen molar-refractivity contribution >= 4 is 9.84 Å². The van der Waals surface area contributed by atoms with Crippen LogP contribution < -0.4 is 0 Å². The van der Waals surface area contributed by atoms with Gasteiger partial charge >= 0.3 is 0 Å². The number of rotatable bonds is 7. The van der Waals surface area contributed by atoms with Crippen molar-refractivity contribution in [3.8, 4) is 0 Å². The van der Waals surface area contributed by atoms with Gasteiger partial charge in [0, 0.05) is 26.0 Å². The Balaban J connectivity index is 1.77. The largest absolute Gasteiger partial charge is 0.376 e. The van der Waals surface area contributed by atoms with Crippen LogP contribution in [0.3, 0.4) is 0 Å². The van der Waals surface area contributed by atoms with E-state index in [-0.39, 0.29) is 11.3 Å². The maximum absolute atomic E-state index is 12.1. The van der Waals surface area contributed by atoms with Crippen molar-refractivity contribution in [2.75, 3.05) is 19.9 Å².